The van der Waals surface area contributed by atoms with E-state index in [4.69, 9.17) is 4.74 Å². The average Bonchev–Trinajstić information content (AvgIpc) is 2.46. The topological polar surface area (TPSA) is 64.4 Å². The number of anilines is 1. The summed E-state index contributed by atoms with van der Waals surface area (Å²) in [5.41, 5.74) is 0.871. The van der Waals surface area contributed by atoms with Crippen molar-refractivity contribution in [3.05, 3.63) is 64.0 Å². The third kappa shape index (κ3) is 3.23. The molecule has 0 heterocycles. The lowest BCUT2D eigenvalue weighted by Gasteiger charge is -2.08. The summed E-state index contributed by atoms with van der Waals surface area (Å²) < 4.78 is 18.6. The smallest absolute Gasteiger partial charge is 0.271 e. The summed E-state index contributed by atoms with van der Waals surface area (Å²) >= 11 is 0. The first-order valence-electron chi connectivity index (χ1n) is 5.91. The molecule has 0 spiro atoms. The number of nitrogens with zero attached hydrogens (tertiary/aromatic N) is 1. The molecule has 2 rings (SSSR count). The van der Waals surface area contributed by atoms with Gasteiger partial charge in [-0.05, 0) is 23.8 Å². The van der Waals surface area contributed by atoms with Crippen LogP contribution < -0.4 is 10.1 Å². The Morgan fingerprint density at radius 1 is 1.25 bits per heavy atom. The summed E-state index contributed by atoms with van der Waals surface area (Å²) in [6.45, 7) is 0.363. The van der Waals surface area contributed by atoms with Gasteiger partial charge in [0.2, 0.25) is 0 Å². The van der Waals surface area contributed by atoms with Crippen LogP contribution in [0.25, 0.3) is 0 Å². The Hall–Kier alpha value is -2.63. The number of benzene rings is 2. The van der Waals surface area contributed by atoms with Crippen molar-refractivity contribution in [3.63, 3.8) is 0 Å². The molecule has 0 fully saturated rings. The van der Waals surface area contributed by atoms with E-state index >= 15 is 0 Å². The van der Waals surface area contributed by atoms with Gasteiger partial charge in [-0.2, -0.15) is 0 Å². The quantitative estimate of drug-likeness (QED) is 0.671. The maximum Gasteiger partial charge on any atom is 0.271 e. The number of halogens is 1. The van der Waals surface area contributed by atoms with Crippen molar-refractivity contribution < 1.29 is 14.1 Å². The molecule has 0 aliphatic rings. The van der Waals surface area contributed by atoms with Gasteiger partial charge in [0.15, 0.2) is 0 Å². The highest BCUT2D eigenvalue weighted by atomic mass is 19.1. The molecule has 0 aromatic heterocycles. The Kier molecular flexibility index (Phi) is 4.14. The van der Waals surface area contributed by atoms with E-state index in [1.54, 1.807) is 19.2 Å². The van der Waals surface area contributed by atoms with E-state index in [-0.39, 0.29) is 11.4 Å². The zero-order chi connectivity index (χ0) is 14.5. The van der Waals surface area contributed by atoms with Crippen LogP contribution in [0.2, 0.25) is 0 Å². The van der Waals surface area contributed by atoms with Crippen LogP contribution >= 0.6 is 0 Å². The molecular weight excluding hydrogens is 263 g/mol. The summed E-state index contributed by atoms with van der Waals surface area (Å²) in [7, 11) is 1.58. The zero-order valence-corrected chi connectivity index (χ0v) is 10.8. The van der Waals surface area contributed by atoms with Crippen LogP contribution in [0.4, 0.5) is 15.8 Å². The average molecular weight is 276 g/mol. The van der Waals surface area contributed by atoms with Crippen molar-refractivity contribution in [2.75, 3.05) is 12.4 Å². The number of nitrogens with one attached hydrogen (secondary N) is 1. The molecular formula is C14H13FN2O3. The van der Waals surface area contributed by atoms with Gasteiger partial charge in [0.1, 0.15) is 11.6 Å². The number of nitro benzene ring substituents is 1. The lowest BCUT2D eigenvalue weighted by atomic mass is 10.2. The minimum Gasteiger partial charge on any atom is -0.497 e. The molecule has 0 radical (unpaired) electrons. The second-order valence-electron chi connectivity index (χ2n) is 4.12. The molecule has 0 saturated carbocycles. The number of ether oxygens (including phenoxy) is 1. The van der Waals surface area contributed by atoms with Crippen molar-refractivity contribution in [1.82, 2.24) is 0 Å². The number of hydrogen-bond acceptors (Lipinski definition) is 4. The normalized spacial score (nSPS) is 10.1. The lowest BCUT2D eigenvalue weighted by Crippen LogP contribution is -2.02. The number of nitro groups is 1. The van der Waals surface area contributed by atoms with Crippen molar-refractivity contribution in [1.29, 1.82) is 0 Å². The number of hydrogen-bond donors (Lipinski definition) is 1. The summed E-state index contributed by atoms with van der Waals surface area (Å²) in [6, 6.07) is 10.6. The monoisotopic (exact) mass is 276 g/mol. The molecule has 2 aromatic carbocycles. The Balaban J connectivity index is 2.09. The Labute approximate surface area is 115 Å². The largest absolute Gasteiger partial charge is 0.497 e. The maximum atomic E-state index is 13.5. The van der Waals surface area contributed by atoms with Gasteiger partial charge in [-0.3, -0.25) is 10.1 Å². The first kappa shape index (κ1) is 13.8. The van der Waals surface area contributed by atoms with Gasteiger partial charge < -0.3 is 10.1 Å². The summed E-state index contributed by atoms with van der Waals surface area (Å²) in [5, 5.41) is 13.5. The highest BCUT2D eigenvalue weighted by molar-refractivity contribution is 5.52. The molecule has 0 unspecified atom stereocenters. The molecule has 104 valence electrons. The molecule has 0 atom stereocenters. The number of non-ortho nitro benzene ring substituents is 1. The van der Waals surface area contributed by atoms with Gasteiger partial charge in [-0.15, -0.1) is 0 Å². The van der Waals surface area contributed by atoms with Gasteiger partial charge in [0.05, 0.1) is 17.7 Å². The minimum atomic E-state index is -0.558. The lowest BCUT2D eigenvalue weighted by molar-refractivity contribution is -0.384. The third-order valence-electron chi connectivity index (χ3n) is 2.80. The van der Waals surface area contributed by atoms with Gasteiger partial charge in [-0.25, -0.2) is 4.39 Å². The van der Waals surface area contributed by atoms with Crippen LogP contribution in [0, 0.1) is 15.9 Å². The van der Waals surface area contributed by atoms with Crippen molar-refractivity contribution >= 4 is 11.4 Å². The van der Waals surface area contributed by atoms with E-state index < -0.39 is 10.7 Å². The number of rotatable bonds is 5. The molecule has 0 aliphatic heterocycles. The Bertz CT molecular complexity index is 614. The van der Waals surface area contributed by atoms with Crippen LogP contribution in [0.1, 0.15) is 5.56 Å². The van der Waals surface area contributed by atoms with Gasteiger partial charge in [-0.1, -0.05) is 12.1 Å². The fourth-order valence-electron chi connectivity index (χ4n) is 1.70. The van der Waals surface area contributed by atoms with Gasteiger partial charge in [0, 0.05) is 18.7 Å². The fourth-order valence-corrected chi connectivity index (χ4v) is 1.70. The Morgan fingerprint density at radius 2 is 1.95 bits per heavy atom. The highest BCUT2D eigenvalue weighted by Crippen LogP contribution is 2.22. The highest BCUT2D eigenvalue weighted by Gasteiger charge is 2.10. The van der Waals surface area contributed by atoms with E-state index in [0.717, 1.165) is 23.4 Å². The van der Waals surface area contributed by atoms with E-state index in [1.165, 1.54) is 6.07 Å². The van der Waals surface area contributed by atoms with Crippen LogP contribution in [-0.2, 0) is 6.54 Å². The van der Waals surface area contributed by atoms with Crippen LogP contribution in [-0.4, -0.2) is 12.0 Å². The predicted octanol–water partition coefficient (Wildman–Crippen LogP) is 3.35. The van der Waals surface area contributed by atoms with Crippen molar-refractivity contribution in [2.24, 2.45) is 0 Å². The molecule has 0 amide bonds. The fraction of sp³-hybridized carbons (Fsp3) is 0.143. The summed E-state index contributed by atoms with van der Waals surface area (Å²) in [6.07, 6.45) is 0. The SMILES string of the molecule is COc1ccc(CNc2cc([N+](=O)[O-])ccc2F)cc1. The Morgan fingerprint density at radius 3 is 2.55 bits per heavy atom. The van der Waals surface area contributed by atoms with E-state index in [1.807, 2.05) is 12.1 Å². The molecule has 1 N–H and O–H groups in total. The minimum absolute atomic E-state index is 0.106. The number of methoxy groups -OCH3 is 1. The first-order chi connectivity index (χ1) is 9.60. The van der Waals surface area contributed by atoms with E-state index in [9.17, 15) is 14.5 Å². The predicted molar refractivity (Wildman–Crippen MR) is 73.4 cm³/mol. The van der Waals surface area contributed by atoms with E-state index in [2.05, 4.69) is 5.32 Å². The van der Waals surface area contributed by atoms with Crippen LogP contribution in [0.3, 0.4) is 0 Å². The van der Waals surface area contributed by atoms with Crippen LogP contribution in [0.15, 0.2) is 42.5 Å². The molecule has 0 aliphatic carbocycles. The molecule has 0 saturated heterocycles. The van der Waals surface area contributed by atoms with Crippen LogP contribution in [0.5, 0.6) is 5.75 Å². The third-order valence-corrected chi connectivity index (χ3v) is 2.80. The van der Waals surface area contributed by atoms with Gasteiger partial charge >= 0.3 is 0 Å². The van der Waals surface area contributed by atoms with Crippen molar-refractivity contribution in [3.8, 4) is 5.75 Å². The van der Waals surface area contributed by atoms with E-state index in [0.29, 0.717) is 6.54 Å². The molecule has 2 aromatic rings. The first-order valence-corrected chi connectivity index (χ1v) is 5.91. The zero-order valence-electron chi connectivity index (χ0n) is 10.8. The van der Waals surface area contributed by atoms with Gasteiger partial charge in [0.25, 0.3) is 5.69 Å². The second-order valence-corrected chi connectivity index (χ2v) is 4.12. The summed E-state index contributed by atoms with van der Waals surface area (Å²) in [4.78, 5) is 10.1. The van der Waals surface area contributed by atoms with Crippen molar-refractivity contribution in [2.45, 2.75) is 6.54 Å². The molecule has 20 heavy (non-hydrogen) atoms. The molecule has 0 bridgehead atoms. The standard InChI is InChI=1S/C14H13FN2O3/c1-20-12-5-2-10(3-6-12)9-16-14-8-11(17(18)19)4-7-13(14)15/h2-8,16H,9H2,1H3. The molecule has 5 nitrogen and oxygen atoms in total. The summed E-state index contributed by atoms with van der Waals surface area (Å²) in [5.74, 6) is 0.208. The maximum absolute atomic E-state index is 13.5. The second kappa shape index (κ2) is 6.01. The molecule has 6 heteroatoms.